The molecule has 0 aliphatic rings. The molecule has 5 nitrogen and oxygen atoms in total. The fraction of sp³-hybridized carbons (Fsp3) is 0.214. The molecule has 0 saturated heterocycles. The smallest absolute Gasteiger partial charge is 0.279 e. The maximum absolute atomic E-state index is 12.5. The zero-order chi connectivity index (χ0) is 14.3. The first kappa shape index (κ1) is 12.9. The first-order chi connectivity index (χ1) is 9.59. The van der Waals surface area contributed by atoms with Gasteiger partial charge in [-0.25, -0.2) is 0 Å². The normalized spacial score (nSPS) is 11.4. The van der Waals surface area contributed by atoms with E-state index in [9.17, 15) is 4.79 Å². The maximum atomic E-state index is 12.5. The Morgan fingerprint density at radius 2 is 2.05 bits per heavy atom. The molecular weight excluding hydrogens is 276 g/mol. The van der Waals surface area contributed by atoms with Crippen molar-refractivity contribution in [3.05, 3.63) is 51.5 Å². The number of fused-ring (bicyclic) bond motifs is 1. The van der Waals surface area contributed by atoms with Crippen LogP contribution in [0.3, 0.4) is 0 Å². The predicted molar refractivity (Wildman–Crippen MR) is 78.1 cm³/mol. The van der Waals surface area contributed by atoms with Crippen molar-refractivity contribution in [2.45, 2.75) is 19.8 Å². The molecule has 0 unspecified atom stereocenters. The van der Waals surface area contributed by atoms with E-state index in [2.05, 4.69) is 15.1 Å². The third-order valence-corrected chi connectivity index (χ3v) is 3.53. The van der Waals surface area contributed by atoms with Crippen LogP contribution in [-0.2, 0) is 0 Å². The second-order valence-electron chi connectivity index (χ2n) is 4.85. The summed E-state index contributed by atoms with van der Waals surface area (Å²) in [5.74, 6) is 0.452. The van der Waals surface area contributed by atoms with E-state index in [0.29, 0.717) is 22.1 Å². The van der Waals surface area contributed by atoms with Gasteiger partial charge in [-0.05, 0) is 12.0 Å². The Bertz CT molecular complexity index is 835. The average Bonchev–Trinajstić information content (AvgIpc) is 2.87. The highest BCUT2D eigenvalue weighted by molar-refractivity contribution is 6.33. The van der Waals surface area contributed by atoms with Gasteiger partial charge in [0.05, 0.1) is 5.69 Å². The first-order valence-electron chi connectivity index (χ1n) is 6.30. The standard InChI is InChI=1S/C14H13ClN4O/c1-8(2)11-12(9-5-3-4-6-10(9)15)18-14-16-7-17-19(14)13(11)20/h3-8H,1-2H3,(H,16,17,18). The number of hydrogen-bond donors (Lipinski definition) is 1. The summed E-state index contributed by atoms with van der Waals surface area (Å²) in [4.78, 5) is 19.7. The molecule has 0 bridgehead atoms. The van der Waals surface area contributed by atoms with E-state index in [4.69, 9.17) is 11.6 Å². The lowest BCUT2D eigenvalue weighted by Crippen LogP contribution is -2.22. The maximum Gasteiger partial charge on any atom is 0.279 e. The van der Waals surface area contributed by atoms with Gasteiger partial charge in [-0.15, -0.1) is 0 Å². The molecule has 1 aromatic carbocycles. The molecule has 0 fully saturated rings. The molecule has 0 amide bonds. The number of hydrogen-bond acceptors (Lipinski definition) is 3. The fourth-order valence-electron chi connectivity index (χ4n) is 2.29. The van der Waals surface area contributed by atoms with Crippen LogP contribution in [0.1, 0.15) is 25.3 Å². The van der Waals surface area contributed by atoms with Crippen molar-refractivity contribution in [3.8, 4) is 11.3 Å². The number of aromatic nitrogens is 4. The lowest BCUT2D eigenvalue weighted by atomic mass is 9.98. The van der Waals surface area contributed by atoms with E-state index < -0.39 is 0 Å². The molecule has 0 radical (unpaired) electrons. The van der Waals surface area contributed by atoms with Gasteiger partial charge in [0, 0.05) is 16.1 Å². The van der Waals surface area contributed by atoms with Crippen molar-refractivity contribution in [3.63, 3.8) is 0 Å². The van der Waals surface area contributed by atoms with E-state index in [-0.39, 0.29) is 11.5 Å². The second-order valence-corrected chi connectivity index (χ2v) is 5.26. The molecule has 1 N–H and O–H groups in total. The Hall–Kier alpha value is -2.14. The van der Waals surface area contributed by atoms with Crippen LogP contribution in [0.25, 0.3) is 17.0 Å². The number of aromatic amines is 1. The van der Waals surface area contributed by atoms with Crippen LogP contribution in [0.15, 0.2) is 35.4 Å². The molecule has 102 valence electrons. The van der Waals surface area contributed by atoms with Crippen molar-refractivity contribution in [2.75, 3.05) is 0 Å². The van der Waals surface area contributed by atoms with Gasteiger partial charge in [0.15, 0.2) is 0 Å². The summed E-state index contributed by atoms with van der Waals surface area (Å²) < 4.78 is 1.27. The summed E-state index contributed by atoms with van der Waals surface area (Å²) in [5.41, 5.74) is 1.98. The van der Waals surface area contributed by atoms with E-state index in [1.165, 1.54) is 10.8 Å². The SMILES string of the molecule is CC(C)c1c(-c2ccccc2Cl)[nH]c2ncnn2c1=O. The minimum atomic E-state index is -0.166. The van der Waals surface area contributed by atoms with Gasteiger partial charge in [0.25, 0.3) is 5.56 Å². The van der Waals surface area contributed by atoms with Crippen molar-refractivity contribution < 1.29 is 0 Å². The number of benzene rings is 1. The Balaban J connectivity index is 2.43. The van der Waals surface area contributed by atoms with Gasteiger partial charge in [0.1, 0.15) is 6.33 Å². The Kier molecular flexibility index (Phi) is 3.06. The number of halogens is 1. The van der Waals surface area contributed by atoms with Crippen LogP contribution in [0.5, 0.6) is 0 Å². The summed E-state index contributed by atoms with van der Waals surface area (Å²) >= 11 is 6.25. The van der Waals surface area contributed by atoms with Crippen molar-refractivity contribution in [1.82, 2.24) is 19.6 Å². The Morgan fingerprint density at radius 1 is 1.30 bits per heavy atom. The van der Waals surface area contributed by atoms with Gasteiger partial charge in [-0.3, -0.25) is 4.79 Å². The van der Waals surface area contributed by atoms with Crippen LogP contribution >= 0.6 is 11.6 Å². The van der Waals surface area contributed by atoms with Gasteiger partial charge >= 0.3 is 0 Å². The number of rotatable bonds is 2. The molecule has 20 heavy (non-hydrogen) atoms. The second kappa shape index (κ2) is 4.76. The molecular formula is C14H13ClN4O. The molecule has 2 aromatic heterocycles. The summed E-state index contributed by atoms with van der Waals surface area (Å²) in [5, 5.41) is 4.54. The number of nitrogens with zero attached hydrogens (tertiary/aromatic N) is 3. The van der Waals surface area contributed by atoms with Gasteiger partial charge in [-0.1, -0.05) is 43.6 Å². The average molecular weight is 289 g/mol. The zero-order valence-electron chi connectivity index (χ0n) is 11.1. The molecule has 6 heteroatoms. The minimum absolute atomic E-state index is 0.0404. The highest BCUT2D eigenvalue weighted by Crippen LogP contribution is 2.30. The number of H-pyrrole nitrogens is 1. The van der Waals surface area contributed by atoms with Gasteiger partial charge in [-0.2, -0.15) is 14.6 Å². The summed E-state index contributed by atoms with van der Waals surface area (Å²) in [6.45, 7) is 3.93. The zero-order valence-corrected chi connectivity index (χ0v) is 11.8. The quantitative estimate of drug-likeness (QED) is 0.788. The van der Waals surface area contributed by atoms with Crippen LogP contribution < -0.4 is 5.56 Å². The third-order valence-electron chi connectivity index (χ3n) is 3.20. The van der Waals surface area contributed by atoms with Crippen molar-refractivity contribution in [2.24, 2.45) is 0 Å². The first-order valence-corrected chi connectivity index (χ1v) is 6.68. The van der Waals surface area contributed by atoms with Crippen LogP contribution in [0.2, 0.25) is 5.02 Å². The van der Waals surface area contributed by atoms with Crippen LogP contribution in [0, 0.1) is 0 Å². The molecule has 2 heterocycles. The predicted octanol–water partition coefficient (Wildman–Crippen LogP) is 2.86. The molecule has 3 aromatic rings. The molecule has 0 atom stereocenters. The summed E-state index contributed by atoms with van der Waals surface area (Å²) in [6, 6.07) is 7.42. The largest absolute Gasteiger partial charge is 0.323 e. The lowest BCUT2D eigenvalue weighted by molar-refractivity contribution is 0.797. The molecule has 0 spiro atoms. The monoisotopic (exact) mass is 288 g/mol. The minimum Gasteiger partial charge on any atom is -0.323 e. The van der Waals surface area contributed by atoms with Crippen LogP contribution in [0.4, 0.5) is 0 Å². The molecule has 3 rings (SSSR count). The molecule has 0 aliphatic carbocycles. The van der Waals surface area contributed by atoms with Gasteiger partial charge in [0.2, 0.25) is 5.78 Å². The highest BCUT2D eigenvalue weighted by Gasteiger charge is 2.18. The van der Waals surface area contributed by atoms with E-state index in [0.717, 1.165) is 5.56 Å². The topological polar surface area (TPSA) is 63.1 Å². The summed E-state index contributed by atoms with van der Waals surface area (Å²) in [6.07, 6.45) is 1.35. The van der Waals surface area contributed by atoms with Crippen molar-refractivity contribution >= 4 is 17.4 Å². The van der Waals surface area contributed by atoms with E-state index in [1.54, 1.807) is 6.07 Å². The third kappa shape index (κ3) is 1.91. The fourth-order valence-corrected chi connectivity index (χ4v) is 2.52. The Morgan fingerprint density at radius 3 is 2.75 bits per heavy atom. The lowest BCUT2D eigenvalue weighted by Gasteiger charge is -2.13. The Labute approximate surface area is 120 Å². The highest BCUT2D eigenvalue weighted by atomic mass is 35.5. The summed E-state index contributed by atoms with van der Waals surface area (Å²) in [7, 11) is 0. The van der Waals surface area contributed by atoms with Gasteiger partial charge < -0.3 is 4.98 Å². The van der Waals surface area contributed by atoms with E-state index >= 15 is 0 Å². The van der Waals surface area contributed by atoms with Crippen LogP contribution in [-0.4, -0.2) is 19.6 Å². The van der Waals surface area contributed by atoms with Crippen molar-refractivity contribution in [1.29, 1.82) is 0 Å². The van der Waals surface area contributed by atoms with E-state index in [1.807, 2.05) is 32.0 Å². The molecule has 0 saturated carbocycles. The molecule has 0 aliphatic heterocycles. The number of nitrogens with one attached hydrogen (secondary N) is 1.